The van der Waals surface area contributed by atoms with Crippen LogP contribution in [0.25, 0.3) is 6.08 Å². The number of non-ortho nitro benzene ring substituents is 1. The van der Waals surface area contributed by atoms with Crippen molar-refractivity contribution in [1.82, 2.24) is 5.32 Å². The number of para-hydroxylation sites is 1. The number of benzene rings is 2. The van der Waals surface area contributed by atoms with Crippen LogP contribution in [0, 0.1) is 10.1 Å². The van der Waals surface area contributed by atoms with E-state index >= 15 is 0 Å². The second kappa shape index (κ2) is 6.34. The van der Waals surface area contributed by atoms with Crippen LogP contribution in [0.4, 0.5) is 11.4 Å². The molecular weight excluding hydrogens is 378 g/mol. The Bertz CT molecular complexity index is 1020. The fraction of sp³-hybridized carbons (Fsp3) is 0.286. The van der Waals surface area contributed by atoms with Crippen LogP contribution in [0.5, 0.6) is 0 Å². The minimum Gasteiger partial charge on any atom is -0.344 e. The highest BCUT2D eigenvalue weighted by Gasteiger charge is 2.57. The summed E-state index contributed by atoms with van der Waals surface area (Å²) in [6, 6.07) is 12.5. The first-order valence-corrected chi connectivity index (χ1v) is 9.45. The molecule has 4 rings (SSSR count). The molecular formula is C21H20ClN3O3. The van der Waals surface area contributed by atoms with Gasteiger partial charge in [0.05, 0.1) is 4.92 Å². The predicted molar refractivity (Wildman–Crippen MR) is 109 cm³/mol. The summed E-state index contributed by atoms with van der Waals surface area (Å²) < 4.78 is 0. The number of rotatable bonds is 3. The number of nitro benzene ring substituents is 1. The zero-order valence-corrected chi connectivity index (χ0v) is 16.4. The molecule has 2 heterocycles. The minimum atomic E-state index is -0.778. The summed E-state index contributed by atoms with van der Waals surface area (Å²) in [6.45, 7) is 4.78. The molecule has 1 atom stereocenters. The SMILES string of the molecule is CC1(C)c2ccccc2N2CCC(=O)NC21/C=C/c1cc([N+](=O)[O-])ccc1Cl. The van der Waals surface area contributed by atoms with Crippen molar-refractivity contribution in [3.63, 3.8) is 0 Å². The van der Waals surface area contributed by atoms with E-state index in [4.69, 9.17) is 11.6 Å². The van der Waals surface area contributed by atoms with E-state index in [0.29, 0.717) is 23.6 Å². The molecule has 1 fully saturated rings. The Morgan fingerprint density at radius 2 is 2.00 bits per heavy atom. The summed E-state index contributed by atoms with van der Waals surface area (Å²) in [5.74, 6) is -0.0214. The normalized spacial score (nSPS) is 22.7. The molecule has 2 aromatic carbocycles. The summed E-state index contributed by atoms with van der Waals surface area (Å²) in [7, 11) is 0. The molecule has 0 spiro atoms. The van der Waals surface area contributed by atoms with Gasteiger partial charge in [0, 0.05) is 41.2 Å². The standard InChI is InChI=1S/C21H20ClN3O3/c1-20(2)16-5-3-4-6-18(16)24-12-10-19(26)23-21(20,24)11-9-14-13-15(25(27)28)7-8-17(14)22/h3-9,11,13H,10,12H2,1-2H3,(H,23,26)/b11-9+. The van der Waals surface area contributed by atoms with Crippen molar-refractivity contribution in [2.75, 3.05) is 11.4 Å². The van der Waals surface area contributed by atoms with Crippen molar-refractivity contribution < 1.29 is 9.72 Å². The zero-order chi connectivity index (χ0) is 20.1. The fourth-order valence-electron chi connectivity index (χ4n) is 4.30. The highest BCUT2D eigenvalue weighted by Crippen LogP contribution is 2.52. The molecule has 2 aromatic rings. The quantitative estimate of drug-likeness (QED) is 0.619. The highest BCUT2D eigenvalue weighted by atomic mass is 35.5. The third-order valence-electron chi connectivity index (χ3n) is 5.83. The first kappa shape index (κ1) is 18.5. The van der Waals surface area contributed by atoms with Gasteiger partial charge >= 0.3 is 0 Å². The average Bonchev–Trinajstić information content (AvgIpc) is 2.85. The number of fused-ring (bicyclic) bond motifs is 3. The van der Waals surface area contributed by atoms with Crippen LogP contribution in [0.2, 0.25) is 5.02 Å². The molecule has 1 unspecified atom stereocenters. The summed E-state index contributed by atoms with van der Waals surface area (Å²) in [5.41, 5.74) is 1.55. The second-order valence-corrected chi connectivity index (χ2v) is 8.06. The highest BCUT2D eigenvalue weighted by molar-refractivity contribution is 6.32. The van der Waals surface area contributed by atoms with Crippen LogP contribution >= 0.6 is 11.6 Å². The molecule has 0 aromatic heterocycles. The number of hydrogen-bond donors (Lipinski definition) is 1. The van der Waals surface area contributed by atoms with Crippen LogP contribution in [-0.2, 0) is 10.2 Å². The van der Waals surface area contributed by atoms with Crippen LogP contribution in [-0.4, -0.2) is 23.0 Å². The van der Waals surface area contributed by atoms with Gasteiger partial charge in [-0.3, -0.25) is 14.9 Å². The van der Waals surface area contributed by atoms with E-state index in [2.05, 4.69) is 36.2 Å². The Hall–Kier alpha value is -2.86. The number of carbonyl (C=O) groups is 1. The van der Waals surface area contributed by atoms with Gasteiger partial charge in [-0.2, -0.15) is 0 Å². The fourth-order valence-corrected chi connectivity index (χ4v) is 4.48. The smallest absolute Gasteiger partial charge is 0.270 e. The number of nitrogens with one attached hydrogen (secondary N) is 1. The maximum atomic E-state index is 12.4. The van der Waals surface area contributed by atoms with Gasteiger partial charge in [0.15, 0.2) is 0 Å². The van der Waals surface area contributed by atoms with Gasteiger partial charge in [0.1, 0.15) is 5.66 Å². The molecule has 0 aliphatic carbocycles. The summed E-state index contributed by atoms with van der Waals surface area (Å²) in [6.07, 6.45) is 4.09. The third-order valence-corrected chi connectivity index (χ3v) is 6.18. The van der Waals surface area contributed by atoms with Crippen molar-refractivity contribution in [3.05, 3.63) is 74.8 Å². The second-order valence-electron chi connectivity index (χ2n) is 7.65. The van der Waals surface area contributed by atoms with Gasteiger partial charge in [-0.15, -0.1) is 0 Å². The van der Waals surface area contributed by atoms with Crippen LogP contribution in [0.1, 0.15) is 31.4 Å². The molecule has 1 saturated heterocycles. The summed E-state index contributed by atoms with van der Waals surface area (Å²) in [5, 5.41) is 14.7. The molecule has 2 aliphatic heterocycles. The molecule has 1 amide bonds. The van der Waals surface area contributed by atoms with Gasteiger partial charge < -0.3 is 10.2 Å². The number of halogens is 1. The van der Waals surface area contributed by atoms with Gasteiger partial charge in [0.25, 0.3) is 5.69 Å². The lowest BCUT2D eigenvalue weighted by molar-refractivity contribution is -0.384. The number of hydrogen-bond acceptors (Lipinski definition) is 4. The lowest BCUT2D eigenvalue weighted by atomic mass is 9.74. The van der Waals surface area contributed by atoms with Crippen molar-refractivity contribution in [2.24, 2.45) is 0 Å². The van der Waals surface area contributed by atoms with E-state index in [1.807, 2.05) is 18.2 Å². The molecule has 7 heteroatoms. The lowest BCUT2D eigenvalue weighted by Crippen LogP contribution is -2.68. The largest absolute Gasteiger partial charge is 0.344 e. The first-order chi connectivity index (χ1) is 13.3. The Labute approximate surface area is 167 Å². The molecule has 0 bridgehead atoms. The van der Waals surface area contributed by atoms with Crippen LogP contribution in [0.3, 0.4) is 0 Å². The Morgan fingerprint density at radius 1 is 1.25 bits per heavy atom. The van der Waals surface area contributed by atoms with Crippen molar-refractivity contribution in [1.29, 1.82) is 0 Å². The van der Waals surface area contributed by atoms with Gasteiger partial charge in [-0.05, 0) is 29.3 Å². The molecule has 144 valence electrons. The molecule has 28 heavy (non-hydrogen) atoms. The Balaban J connectivity index is 1.84. The van der Waals surface area contributed by atoms with E-state index < -0.39 is 16.0 Å². The molecule has 1 N–H and O–H groups in total. The van der Waals surface area contributed by atoms with Gasteiger partial charge in [-0.25, -0.2) is 0 Å². The number of nitro groups is 1. The van der Waals surface area contributed by atoms with Crippen molar-refractivity contribution in [2.45, 2.75) is 31.3 Å². The third kappa shape index (κ3) is 2.59. The molecule has 0 radical (unpaired) electrons. The Kier molecular flexibility index (Phi) is 4.19. The number of carbonyl (C=O) groups excluding carboxylic acids is 1. The van der Waals surface area contributed by atoms with Crippen molar-refractivity contribution in [3.8, 4) is 0 Å². The monoisotopic (exact) mass is 397 g/mol. The van der Waals surface area contributed by atoms with Crippen LogP contribution in [0.15, 0.2) is 48.5 Å². The minimum absolute atomic E-state index is 0.0214. The molecule has 2 aliphatic rings. The maximum Gasteiger partial charge on any atom is 0.270 e. The van der Waals surface area contributed by atoms with E-state index in [1.54, 1.807) is 6.08 Å². The van der Waals surface area contributed by atoms with Gasteiger partial charge in [0.2, 0.25) is 5.91 Å². The molecule has 6 nitrogen and oxygen atoms in total. The summed E-state index contributed by atoms with van der Waals surface area (Å²) >= 11 is 6.27. The van der Waals surface area contributed by atoms with E-state index in [9.17, 15) is 14.9 Å². The van der Waals surface area contributed by atoms with E-state index in [1.165, 1.54) is 18.2 Å². The first-order valence-electron chi connectivity index (χ1n) is 9.07. The van der Waals surface area contributed by atoms with E-state index in [0.717, 1.165) is 11.3 Å². The van der Waals surface area contributed by atoms with Gasteiger partial charge in [-0.1, -0.05) is 49.7 Å². The molecule has 0 saturated carbocycles. The lowest BCUT2D eigenvalue weighted by Gasteiger charge is -2.49. The number of amides is 1. The zero-order valence-electron chi connectivity index (χ0n) is 15.6. The van der Waals surface area contributed by atoms with Crippen LogP contribution < -0.4 is 10.2 Å². The summed E-state index contributed by atoms with van der Waals surface area (Å²) in [4.78, 5) is 25.3. The number of anilines is 1. The maximum absolute atomic E-state index is 12.4. The number of nitrogens with zero attached hydrogens (tertiary/aromatic N) is 2. The predicted octanol–water partition coefficient (Wildman–Crippen LogP) is 4.28. The topological polar surface area (TPSA) is 75.5 Å². The van der Waals surface area contributed by atoms with E-state index in [-0.39, 0.29) is 11.6 Å². The Morgan fingerprint density at radius 3 is 2.75 bits per heavy atom. The van der Waals surface area contributed by atoms with Crippen molar-refractivity contribution >= 4 is 35.0 Å². The average molecular weight is 398 g/mol.